The van der Waals surface area contributed by atoms with Gasteiger partial charge < -0.3 is 0 Å². The van der Waals surface area contributed by atoms with Gasteiger partial charge in [-0.1, -0.05) is 24.3 Å². The molecule has 2 heteroatoms. The standard InChI is InChI=1S/C17H24FN/c1-17(2,3)19-11-13(18)10-16(19)15-7-5-4-6-14(15)12-8-9-12/h4-7,12-13,16H,8-11H2,1-3H3/t13-,16?/m0/s1. The molecule has 2 aliphatic rings. The summed E-state index contributed by atoms with van der Waals surface area (Å²) in [6.45, 7) is 7.15. The normalized spacial score (nSPS) is 28.8. The van der Waals surface area contributed by atoms with Gasteiger partial charge in [-0.2, -0.15) is 0 Å². The Balaban J connectivity index is 1.96. The molecular weight excluding hydrogens is 237 g/mol. The largest absolute Gasteiger partial charge is 0.288 e. The Kier molecular flexibility index (Phi) is 3.17. The molecule has 1 heterocycles. The van der Waals surface area contributed by atoms with Gasteiger partial charge in [0.2, 0.25) is 0 Å². The molecule has 1 unspecified atom stereocenters. The molecule has 0 amide bonds. The summed E-state index contributed by atoms with van der Waals surface area (Å²) in [5, 5.41) is 0. The van der Waals surface area contributed by atoms with Crippen molar-refractivity contribution in [3.05, 3.63) is 35.4 Å². The van der Waals surface area contributed by atoms with Crippen molar-refractivity contribution in [3.8, 4) is 0 Å². The van der Waals surface area contributed by atoms with Gasteiger partial charge in [-0.3, -0.25) is 4.90 Å². The minimum atomic E-state index is -0.684. The third kappa shape index (κ3) is 2.55. The Bertz CT molecular complexity index is 459. The second-order valence-electron chi connectivity index (χ2n) is 7.08. The molecule has 2 fully saturated rings. The number of alkyl halides is 1. The SMILES string of the molecule is CC(C)(C)N1C[C@@H](F)CC1c1ccccc1C1CC1. The van der Waals surface area contributed by atoms with Gasteiger partial charge in [-0.25, -0.2) is 4.39 Å². The van der Waals surface area contributed by atoms with E-state index in [9.17, 15) is 4.39 Å². The van der Waals surface area contributed by atoms with Gasteiger partial charge >= 0.3 is 0 Å². The summed E-state index contributed by atoms with van der Waals surface area (Å²) in [4.78, 5) is 2.35. The van der Waals surface area contributed by atoms with E-state index < -0.39 is 6.17 Å². The summed E-state index contributed by atoms with van der Waals surface area (Å²) < 4.78 is 13.9. The van der Waals surface area contributed by atoms with Gasteiger partial charge in [-0.05, 0) is 57.1 Å². The number of rotatable bonds is 2. The first-order chi connectivity index (χ1) is 8.97. The van der Waals surface area contributed by atoms with E-state index >= 15 is 0 Å². The Morgan fingerprint density at radius 3 is 2.32 bits per heavy atom. The lowest BCUT2D eigenvalue weighted by molar-refractivity contribution is 0.115. The van der Waals surface area contributed by atoms with E-state index in [4.69, 9.17) is 0 Å². The van der Waals surface area contributed by atoms with Gasteiger partial charge in [0.1, 0.15) is 6.17 Å². The molecule has 1 aliphatic carbocycles. The highest BCUT2D eigenvalue weighted by Gasteiger charge is 2.41. The first kappa shape index (κ1) is 13.1. The lowest BCUT2D eigenvalue weighted by Gasteiger charge is -2.37. The molecule has 104 valence electrons. The van der Waals surface area contributed by atoms with Crippen LogP contribution in [0.5, 0.6) is 0 Å². The first-order valence-corrected chi connectivity index (χ1v) is 7.46. The van der Waals surface area contributed by atoms with Crippen molar-refractivity contribution in [2.24, 2.45) is 0 Å². The second-order valence-corrected chi connectivity index (χ2v) is 7.08. The number of halogens is 1. The number of likely N-dealkylation sites (tertiary alicyclic amines) is 1. The summed E-state index contributed by atoms with van der Waals surface area (Å²) in [6, 6.07) is 8.95. The maximum absolute atomic E-state index is 13.9. The topological polar surface area (TPSA) is 3.24 Å². The lowest BCUT2D eigenvalue weighted by atomic mass is 9.93. The van der Waals surface area contributed by atoms with Crippen molar-refractivity contribution in [1.82, 2.24) is 4.90 Å². The van der Waals surface area contributed by atoms with Crippen LogP contribution in [0.3, 0.4) is 0 Å². The van der Waals surface area contributed by atoms with Crippen LogP contribution >= 0.6 is 0 Å². The van der Waals surface area contributed by atoms with E-state index in [1.807, 2.05) is 0 Å². The summed E-state index contributed by atoms with van der Waals surface area (Å²) in [5.41, 5.74) is 2.87. The van der Waals surface area contributed by atoms with Crippen LogP contribution < -0.4 is 0 Å². The van der Waals surface area contributed by atoms with Gasteiger partial charge in [0.25, 0.3) is 0 Å². The molecule has 1 aromatic carbocycles. The predicted molar refractivity (Wildman–Crippen MR) is 77.1 cm³/mol. The van der Waals surface area contributed by atoms with E-state index in [0.29, 0.717) is 13.0 Å². The average Bonchev–Trinajstić information content (AvgIpc) is 3.11. The van der Waals surface area contributed by atoms with Gasteiger partial charge in [-0.15, -0.1) is 0 Å². The van der Waals surface area contributed by atoms with Gasteiger partial charge in [0, 0.05) is 18.1 Å². The van der Waals surface area contributed by atoms with E-state index in [1.54, 1.807) is 0 Å². The summed E-state index contributed by atoms with van der Waals surface area (Å²) >= 11 is 0. The molecular formula is C17H24FN. The molecule has 1 saturated heterocycles. The van der Waals surface area contributed by atoms with Crippen molar-refractivity contribution in [2.45, 2.75) is 63.7 Å². The van der Waals surface area contributed by atoms with Crippen molar-refractivity contribution in [1.29, 1.82) is 0 Å². The Morgan fingerprint density at radius 2 is 1.74 bits per heavy atom. The molecule has 1 saturated carbocycles. The smallest absolute Gasteiger partial charge is 0.115 e. The first-order valence-electron chi connectivity index (χ1n) is 7.46. The van der Waals surface area contributed by atoms with Crippen LogP contribution in [0.15, 0.2) is 24.3 Å². The molecule has 0 spiro atoms. The number of nitrogens with zero attached hydrogens (tertiary/aromatic N) is 1. The average molecular weight is 261 g/mol. The zero-order valence-electron chi connectivity index (χ0n) is 12.2. The maximum atomic E-state index is 13.9. The minimum Gasteiger partial charge on any atom is -0.288 e. The second kappa shape index (κ2) is 4.59. The molecule has 3 rings (SSSR count). The molecule has 1 nitrogen and oxygen atoms in total. The highest BCUT2D eigenvalue weighted by atomic mass is 19.1. The van der Waals surface area contributed by atoms with Crippen molar-refractivity contribution in [2.75, 3.05) is 6.54 Å². The van der Waals surface area contributed by atoms with Crippen LogP contribution in [-0.2, 0) is 0 Å². The van der Waals surface area contributed by atoms with Crippen molar-refractivity contribution in [3.63, 3.8) is 0 Å². The fourth-order valence-corrected chi connectivity index (χ4v) is 3.40. The maximum Gasteiger partial charge on any atom is 0.115 e. The van der Waals surface area contributed by atoms with E-state index in [2.05, 4.69) is 49.9 Å². The quantitative estimate of drug-likeness (QED) is 0.760. The minimum absolute atomic E-state index is 0.0299. The Labute approximate surface area is 115 Å². The van der Waals surface area contributed by atoms with Gasteiger partial charge in [0.05, 0.1) is 0 Å². The summed E-state index contributed by atoms with van der Waals surface area (Å²) in [7, 11) is 0. The zero-order chi connectivity index (χ0) is 13.6. The van der Waals surface area contributed by atoms with Gasteiger partial charge in [0.15, 0.2) is 0 Å². The Hall–Kier alpha value is -0.890. The zero-order valence-corrected chi connectivity index (χ0v) is 12.2. The predicted octanol–water partition coefficient (Wildman–Crippen LogP) is 4.45. The molecule has 1 aromatic rings. The molecule has 0 radical (unpaired) electrons. The van der Waals surface area contributed by atoms with Crippen molar-refractivity contribution < 1.29 is 4.39 Å². The molecule has 0 bridgehead atoms. The summed E-state index contributed by atoms with van der Waals surface area (Å²) in [6.07, 6.45) is 2.58. The van der Waals surface area contributed by atoms with Crippen LogP contribution in [0.2, 0.25) is 0 Å². The summed E-state index contributed by atoms with van der Waals surface area (Å²) in [5.74, 6) is 0.733. The number of hydrogen-bond donors (Lipinski definition) is 0. The monoisotopic (exact) mass is 261 g/mol. The third-order valence-corrected chi connectivity index (χ3v) is 4.48. The molecule has 2 atom stereocenters. The highest BCUT2D eigenvalue weighted by Crippen LogP contribution is 2.47. The number of benzene rings is 1. The fourth-order valence-electron chi connectivity index (χ4n) is 3.40. The Morgan fingerprint density at radius 1 is 1.11 bits per heavy atom. The molecule has 1 aliphatic heterocycles. The lowest BCUT2D eigenvalue weighted by Crippen LogP contribution is -2.41. The van der Waals surface area contributed by atoms with Crippen LogP contribution in [0.4, 0.5) is 4.39 Å². The van der Waals surface area contributed by atoms with E-state index in [1.165, 1.54) is 24.0 Å². The molecule has 0 aromatic heterocycles. The molecule has 0 N–H and O–H groups in total. The van der Waals surface area contributed by atoms with Crippen LogP contribution in [0.1, 0.15) is 63.1 Å². The highest BCUT2D eigenvalue weighted by molar-refractivity contribution is 5.36. The van der Waals surface area contributed by atoms with E-state index in [-0.39, 0.29) is 11.6 Å². The van der Waals surface area contributed by atoms with Crippen LogP contribution in [0.25, 0.3) is 0 Å². The number of hydrogen-bond acceptors (Lipinski definition) is 1. The van der Waals surface area contributed by atoms with Crippen LogP contribution in [-0.4, -0.2) is 23.2 Å². The fraction of sp³-hybridized carbons (Fsp3) is 0.647. The van der Waals surface area contributed by atoms with Crippen molar-refractivity contribution >= 4 is 0 Å². The van der Waals surface area contributed by atoms with E-state index in [0.717, 1.165) is 5.92 Å². The third-order valence-electron chi connectivity index (χ3n) is 4.48. The molecule has 19 heavy (non-hydrogen) atoms. The van der Waals surface area contributed by atoms with Crippen LogP contribution in [0, 0.1) is 0 Å².